The van der Waals surface area contributed by atoms with Crippen molar-refractivity contribution in [3.63, 3.8) is 0 Å². The van der Waals surface area contributed by atoms with Crippen molar-refractivity contribution in [2.45, 2.75) is 31.0 Å². The van der Waals surface area contributed by atoms with Gasteiger partial charge in [-0.3, -0.25) is 0 Å². The molecule has 0 spiro atoms. The van der Waals surface area contributed by atoms with Crippen molar-refractivity contribution in [3.8, 4) is 0 Å². The molecule has 102 valence electrons. The Kier molecular flexibility index (Phi) is 5.63. The maximum atomic E-state index is 12.2. The van der Waals surface area contributed by atoms with E-state index in [9.17, 15) is 8.42 Å². The van der Waals surface area contributed by atoms with Gasteiger partial charge in [-0.15, -0.1) is 11.6 Å². The van der Waals surface area contributed by atoms with Crippen molar-refractivity contribution in [2.24, 2.45) is 5.92 Å². The molecule has 0 aliphatic rings. The maximum absolute atomic E-state index is 12.2. The van der Waals surface area contributed by atoms with E-state index >= 15 is 0 Å². The normalized spacial score (nSPS) is 12.3. The summed E-state index contributed by atoms with van der Waals surface area (Å²) in [5.41, 5.74) is 0.917. The zero-order valence-corrected chi connectivity index (χ0v) is 12.6. The van der Waals surface area contributed by atoms with Gasteiger partial charge in [0.05, 0.1) is 4.90 Å². The van der Waals surface area contributed by atoms with Crippen LogP contribution >= 0.6 is 11.6 Å². The Balaban J connectivity index is 2.84. The van der Waals surface area contributed by atoms with Crippen LogP contribution in [0.3, 0.4) is 0 Å². The minimum absolute atomic E-state index is 0.322. The van der Waals surface area contributed by atoms with Crippen molar-refractivity contribution in [3.05, 3.63) is 29.8 Å². The van der Waals surface area contributed by atoms with Gasteiger partial charge >= 0.3 is 0 Å². The van der Waals surface area contributed by atoms with Gasteiger partial charge in [-0.1, -0.05) is 26.0 Å². The Morgan fingerprint density at radius 3 is 2.22 bits per heavy atom. The largest absolute Gasteiger partial charge is 0.242 e. The van der Waals surface area contributed by atoms with Crippen molar-refractivity contribution >= 4 is 21.6 Å². The Morgan fingerprint density at radius 1 is 1.22 bits per heavy atom. The molecule has 18 heavy (non-hydrogen) atoms. The van der Waals surface area contributed by atoms with Crippen molar-refractivity contribution < 1.29 is 8.42 Å². The Labute approximate surface area is 115 Å². The lowest BCUT2D eigenvalue weighted by molar-refractivity contribution is 0.428. The molecule has 0 saturated carbocycles. The number of hydrogen-bond acceptors (Lipinski definition) is 2. The van der Waals surface area contributed by atoms with Gasteiger partial charge in [-0.2, -0.15) is 0 Å². The van der Waals surface area contributed by atoms with Gasteiger partial charge in [0.2, 0.25) is 10.0 Å². The van der Waals surface area contributed by atoms with Crippen LogP contribution in [0.2, 0.25) is 0 Å². The van der Waals surface area contributed by atoms with Gasteiger partial charge in [0, 0.05) is 19.5 Å². The highest BCUT2D eigenvalue weighted by Gasteiger charge is 2.20. The van der Waals surface area contributed by atoms with Crippen molar-refractivity contribution in [1.29, 1.82) is 0 Å². The van der Waals surface area contributed by atoms with E-state index in [0.29, 0.717) is 23.2 Å². The highest BCUT2D eigenvalue weighted by atomic mass is 35.5. The first kappa shape index (κ1) is 15.5. The van der Waals surface area contributed by atoms with Crippen molar-refractivity contribution in [2.75, 3.05) is 13.6 Å². The fraction of sp³-hybridized carbons (Fsp3) is 0.538. The molecule has 0 radical (unpaired) electrons. The van der Waals surface area contributed by atoms with Crippen LogP contribution in [0.1, 0.15) is 25.8 Å². The van der Waals surface area contributed by atoms with Crippen LogP contribution in [0.5, 0.6) is 0 Å². The number of hydrogen-bond donors (Lipinski definition) is 0. The molecular weight excluding hydrogens is 270 g/mol. The minimum Gasteiger partial charge on any atom is -0.207 e. The highest BCUT2D eigenvalue weighted by molar-refractivity contribution is 7.89. The van der Waals surface area contributed by atoms with Gasteiger partial charge in [-0.25, -0.2) is 12.7 Å². The number of nitrogens with zero attached hydrogens (tertiary/aromatic N) is 1. The molecule has 0 N–H and O–H groups in total. The summed E-state index contributed by atoms with van der Waals surface area (Å²) >= 11 is 5.68. The number of sulfonamides is 1. The molecular formula is C13H20ClNO2S. The van der Waals surface area contributed by atoms with E-state index in [2.05, 4.69) is 13.8 Å². The number of halogens is 1. The van der Waals surface area contributed by atoms with E-state index in [1.165, 1.54) is 4.31 Å². The van der Waals surface area contributed by atoms with Crippen LogP contribution in [0.4, 0.5) is 0 Å². The molecule has 0 saturated heterocycles. The van der Waals surface area contributed by atoms with Gasteiger partial charge in [0.15, 0.2) is 0 Å². The van der Waals surface area contributed by atoms with E-state index in [-0.39, 0.29) is 0 Å². The first-order chi connectivity index (χ1) is 8.37. The molecule has 0 unspecified atom stereocenters. The number of rotatable bonds is 6. The fourth-order valence-corrected chi connectivity index (χ4v) is 2.85. The molecule has 0 atom stereocenters. The molecule has 5 heteroatoms. The van der Waals surface area contributed by atoms with Crippen LogP contribution in [0.15, 0.2) is 29.2 Å². The van der Waals surface area contributed by atoms with Gasteiger partial charge in [0.1, 0.15) is 0 Å². The topological polar surface area (TPSA) is 37.4 Å². The molecule has 0 bridgehead atoms. The van der Waals surface area contributed by atoms with E-state index in [1.54, 1.807) is 31.3 Å². The monoisotopic (exact) mass is 289 g/mol. The number of alkyl halides is 1. The highest BCUT2D eigenvalue weighted by Crippen LogP contribution is 2.17. The van der Waals surface area contributed by atoms with Crippen LogP contribution in [0, 0.1) is 5.92 Å². The molecule has 1 rings (SSSR count). The average molecular weight is 290 g/mol. The lowest BCUT2D eigenvalue weighted by Crippen LogP contribution is -2.28. The third kappa shape index (κ3) is 3.97. The van der Waals surface area contributed by atoms with Gasteiger partial charge < -0.3 is 0 Å². The Morgan fingerprint density at radius 2 is 1.78 bits per heavy atom. The van der Waals surface area contributed by atoms with Crippen molar-refractivity contribution in [1.82, 2.24) is 4.31 Å². The Bertz CT molecular complexity index is 468. The standard InChI is InChI=1S/C13H20ClNO2S/c1-11(2)8-9-15(3)18(16,17)13-6-4-12(10-14)5-7-13/h4-7,11H,8-10H2,1-3H3. The fourth-order valence-electron chi connectivity index (χ4n) is 1.49. The van der Waals surface area contributed by atoms with Crippen LogP contribution in [0.25, 0.3) is 0 Å². The molecule has 0 aliphatic carbocycles. The van der Waals surface area contributed by atoms with Gasteiger partial charge in [0.25, 0.3) is 0 Å². The molecule has 1 aromatic rings. The van der Waals surface area contributed by atoms with Crippen LogP contribution in [-0.2, 0) is 15.9 Å². The second kappa shape index (κ2) is 6.55. The first-order valence-corrected chi connectivity index (χ1v) is 7.96. The summed E-state index contributed by atoms with van der Waals surface area (Å²) in [6.07, 6.45) is 0.857. The Hall–Kier alpha value is -0.580. The van der Waals surface area contributed by atoms with E-state index < -0.39 is 10.0 Å². The zero-order chi connectivity index (χ0) is 13.8. The maximum Gasteiger partial charge on any atom is 0.242 e. The SMILES string of the molecule is CC(C)CCN(C)S(=O)(=O)c1ccc(CCl)cc1. The lowest BCUT2D eigenvalue weighted by atomic mass is 10.1. The average Bonchev–Trinajstić information content (AvgIpc) is 2.35. The first-order valence-electron chi connectivity index (χ1n) is 5.99. The molecule has 0 fully saturated rings. The summed E-state index contributed by atoms with van der Waals surface area (Å²) in [5, 5.41) is 0. The van der Waals surface area contributed by atoms with Crippen LogP contribution < -0.4 is 0 Å². The zero-order valence-electron chi connectivity index (χ0n) is 11.1. The minimum atomic E-state index is -3.37. The summed E-state index contributed by atoms with van der Waals surface area (Å²) in [6.45, 7) is 4.70. The summed E-state index contributed by atoms with van der Waals surface area (Å²) < 4.78 is 25.9. The van der Waals surface area contributed by atoms with E-state index in [0.717, 1.165) is 12.0 Å². The molecule has 0 amide bonds. The predicted molar refractivity (Wildman–Crippen MR) is 75.3 cm³/mol. The molecule has 1 aromatic carbocycles. The molecule has 3 nitrogen and oxygen atoms in total. The quantitative estimate of drug-likeness (QED) is 0.755. The summed E-state index contributed by atoms with van der Waals surface area (Å²) in [6, 6.07) is 6.71. The summed E-state index contributed by atoms with van der Waals surface area (Å²) in [5.74, 6) is 0.880. The molecule has 0 heterocycles. The molecule has 0 aliphatic heterocycles. The lowest BCUT2D eigenvalue weighted by Gasteiger charge is -2.18. The third-order valence-corrected chi connectivity index (χ3v) is 4.99. The second-order valence-electron chi connectivity index (χ2n) is 4.79. The summed E-state index contributed by atoms with van der Waals surface area (Å²) in [7, 11) is -1.75. The van der Waals surface area contributed by atoms with E-state index in [1.807, 2.05) is 0 Å². The second-order valence-corrected chi connectivity index (χ2v) is 7.10. The van der Waals surface area contributed by atoms with Crippen LogP contribution in [-0.4, -0.2) is 26.3 Å². The predicted octanol–water partition coefficient (Wildman–Crippen LogP) is 3.09. The summed E-state index contributed by atoms with van der Waals surface area (Å²) in [4.78, 5) is 0.322. The van der Waals surface area contributed by atoms with Gasteiger partial charge in [-0.05, 0) is 30.0 Å². The number of benzene rings is 1. The van der Waals surface area contributed by atoms with E-state index in [4.69, 9.17) is 11.6 Å². The third-order valence-electron chi connectivity index (χ3n) is 2.81. The smallest absolute Gasteiger partial charge is 0.207 e. The molecule has 0 aromatic heterocycles.